The van der Waals surface area contributed by atoms with Gasteiger partial charge in [-0.15, -0.1) is 0 Å². The molecule has 3 aliphatic heterocycles. The Balaban J connectivity index is 1.53. The summed E-state index contributed by atoms with van der Waals surface area (Å²) in [5.74, 6) is -3.39. The third kappa shape index (κ3) is 13.0. The van der Waals surface area contributed by atoms with Gasteiger partial charge in [-0.2, -0.15) is 25.9 Å². The lowest BCUT2D eigenvalue weighted by Crippen LogP contribution is -2.70. The predicted molar refractivity (Wildman–Crippen MR) is 252 cm³/mol. The minimum Gasteiger partial charge on any atom is -0.459 e. The Bertz CT molecular complexity index is 1980. The highest BCUT2D eigenvalue weighted by Crippen LogP contribution is 2.44. The largest absolute Gasteiger partial charge is 0.459 e. The Morgan fingerprint density at radius 2 is 1.59 bits per heavy atom. The fourth-order valence-electron chi connectivity index (χ4n) is 10.6. The van der Waals surface area contributed by atoms with E-state index in [0.29, 0.717) is 0 Å². The number of rotatable bonds is 13. The smallest absolute Gasteiger partial charge is 0.416 e. The van der Waals surface area contributed by atoms with Gasteiger partial charge in [0, 0.05) is 50.8 Å². The van der Waals surface area contributed by atoms with Crippen LogP contribution in [0.4, 0.5) is 18.9 Å². The zero-order valence-corrected chi connectivity index (χ0v) is 43.5. The van der Waals surface area contributed by atoms with E-state index in [4.69, 9.17) is 28.4 Å². The number of carbonyl (C=O) groups is 1. The monoisotopic (exact) mass is 1030 g/mol. The summed E-state index contributed by atoms with van der Waals surface area (Å²) in [7, 11) is -1.84. The van der Waals surface area contributed by atoms with Crippen molar-refractivity contribution in [3.8, 4) is 0 Å². The third-order valence-electron chi connectivity index (χ3n) is 15.6. The van der Waals surface area contributed by atoms with Gasteiger partial charge in [0.2, 0.25) is 0 Å². The SMILES string of the molecule is CC[C@H]1OC(=O)[C@H](C)[C@@H](O[C@H]2C[C@@](C)(OC)[C@](O)(CNC3CCC3)[C@H](C)O2)[C@H](C)[C@@H](O[C@@H]2O[C@H](C)C[C@H](N(C)S(=O)(=O)Nc3ccc(C(F)(F)F)cc3)[C@H]2O)[C@](C)(O)C[C@@H](C)CN[C@H](C)[C@@H](O)[C@]1(C)O. The highest BCUT2D eigenvalue weighted by Gasteiger charge is 2.59. The summed E-state index contributed by atoms with van der Waals surface area (Å²) < 4.78 is 109. The number of ether oxygens (including phenoxy) is 6. The molecule has 0 unspecified atom stereocenters. The Kier molecular flexibility index (Phi) is 19.0. The summed E-state index contributed by atoms with van der Waals surface area (Å²) >= 11 is 0. The summed E-state index contributed by atoms with van der Waals surface area (Å²) in [6.07, 6.45) is -12.8. The van der Waals surface area contributed by atoms with Crippen LogP contribution in [-0.4, -0.2) is 167 Å². The zero-order valence-electron chi connectivity index (χ0n) is 42.7. The number of alkyl halides is 3. The molecule has 1 saturated carbocycles. The van der Waals surface area contributed by atoms with Crippen molar-refractivity contribution in [2.75, 3.05) is 32.0 Å². The quantitative estimate of drug-likeness (QED) is 0.131. The average molecular weight is 1030 g/mol. The number of methoxy groups -OCH3 is 1. The highest BCUT2D eigenvalue weighted by atomic mass is 32.2. The Labute approximate surface area is 411 Å². The predicted octanol–water partition coefficient (Wildman–Crippen LogP) is 3.82. The molecule has 404 valence electrons. The number of benzene rings is 1. The van der Waals surface area contributed by atoms with Gasteiger partial charge in [0.15, 0.2) is 12.6 Å². The van der Waals surface area contributed by atoms with E-state index in [1.807, 2.05) is 6.92 Å². The molecule has 22 heteroatoms. The van der Waals surface area contributed by atoms with Crippen LogP contribution < -0.4 is 15.4 Å². The molecule has 1 aromatic rings. The lowest BCUT2D eigenvalue weighted by molar-refractivity contribution is -0.336. The Hall–Kier alpha value is -2.29. The summed E-state index contributed by atoms with van der Waals surface area (Å²) in [4.78, 5) is 14.5. The van der Waals surface area contributed by atoms with Gasteiger partial charge in [-0.05, 0) is 117 Å². The van der Waals surface area contributed by atoms with Crippen molar-refractivity contribution in [2.45, 2.75) is 216 Å². The van der Waals surface area contributed by atoms with E-state index in [9.17, 15) is 51.9 Å². The van der Waals surface area contributed by atoms with Crippen molar-refractivity contribution >= 4 is 21.9 Å². The fourth-order valence-corrected chi connectivity index (χ4v) is 11.8. The number of halogens is 3. The van der Waals surface area contributed by atoms with Crippen LogP contribution >= 0.6 is 0 Å². The number of anilines is 1. The molecule has 1 aromatic carbocycles. The standard InChI is InChI=1S/C48H81F3N4O14S/c1-13-36-46(10,60)40(57)30(6)52-24-26(2)22-44(8,59)41(69-43-38(56)35(21-27(3)65-43)55(11)70(62,63)54-34-19-17-32(18-20-34)48(49,50)51)28(4)39(29(5)42(58)67-36)68-37-23-45(9,64-12)47(61,31(7)66-37)25-53-33-15-14-16-33/h17-20,26-31,33,35-41,43,52-54,56-57,59-61H,13-16,21-25H2,1-12H3/t26-,27-,28+,29-,30-,31+,35+,36-,37+,38-,39+,40-,41-,43+,44-,45-,46-,47+/m1/s1. The van der Waals surface area contributed by atoms with Crippen molar-refractivity contribution < 1.29 is 80.3 Å². The van der Waals surface area contributed by atoms with E-state index in [-0.39, 0.29) is 56.4 Å². The number of aliphatic hydroxyl groups is 5. The van der Waals surface area contributed by atoms with Gasteiger partial charge in [-0.3, -0.25) is 9.52 Å². The molecule has 18 nitrogen and oxygen atoms in total. The third-order valence-corrected chi connectivity index (χ3v) is 17.1. The van der Waals surface area contributed by atoms with Crippen LogP contribution in [0.1, 0.15) is 120 Å². The topological polar surface area (TPSA) is 247 Å². The number of aliphatic hydroxyl groups excluding tert-OH is 2. The first-order chi connectivity index (χ1) is 32.3. The minimum absolute atomic E-state index is 0.0181. The van der Waals surface area contributed by atoms with Gasteiger partial charge in [0.05, 0.1) is 47.5 Å². The van der Waals surface area contributed by atoms with Crippen LogP contribution in [0.25, 0.3) is 0 Å². The molecule has 0 radical (unpaired) electrons. The maximum Gasteiger partial charge on any atom is 0.416 e. The number of carbonyl (C=O) groups excluding carboxylic acids is 1. The molecule has 70 heavy (non-hydrogen) atoms. The van der Waals surface area contributed by atoms with Crippen molar-refractivity contribution in [1.29, 1.82) is 0 Å². The van der Waals surface area contributed by atoms with Crippen molar-refractivity contribution in [2.24, 2.45) is 17.8 Å². The lowest BCUT2D eigenvalue weighted by Gasteiger charge is -2.54. The van der Waals surface area contributed by atoms with Crippen molar-refractivity contribution in [1.82, 2.24) is 14.9 Å². The normalized spacial score (nSPS) is 42.3. The number of esters is 1. The maximum absolute atomic E-state index is 14.5. The molecule has 0 spiro atoms. The van der Waals surface area contributed by atoms with Crippen LogP contribution in [0.5, 0.6) is 0 Å². The molecule has 4 aliphatic rings. The van der Waals surface area contributed by atoms with Crippen LogP contribution in [0.2, 0.25) is 0 Å². The fraction of sp³-hybridized carbons (Fsp3) is 0.854. The van der Waals surface area contributed by atoms with E-state index in [1.165, 1.54) is 28.0 Å². The first-order valence-electron chi connectivity index (χ1n) is 24.6. The van der Waals surface area contributed by atoms with E-state index in [2.05, 4.69) is 15.4 Å². The second-order valence-corrected chi connectivity index (χ2v) is 23.0. The van der Waals surface area contributed by atoms with E-state index >= 15 is 0 Å². The first kappa shape index (κ1) is 58.6. The van der Waals surface area contributed by atoms with E-state index in [1.54, 1.807) is 48.5 Å². The summed E-state index contributed by atoms with van der Waals surface area (Å²) in [5.41, 5.74) is -7.65. The van der Waals surface area contributed by atoms with Crippen molar-refractivity contribution in [3.63, 3.8) is 0 Å². The highest BCUT2D eigenvalue weighted by molar-refractivity contribution is 7.90. The zero-order chi connectivity index (χ0) is 52.5. The molecule has 3 heterocycles. The number of hydrogen-bond donors (Lipinski definition) is 8. The number of nitrogens with zero attached hydrogens (tertiary/aromatic N) is 1. The molecule has 3 saturated heterocycles. The van der Waals surface area contributed by atoms with Crippen LogP contribution in [0, 0.1) is 17.8 Å². The minimum atomic E-state index is -4.64. The summed E-state index contributed by atoms with van der Waals surface area (Å²) in [5, 5.41) is 67.0. The molecule has 4 fully saturated rings. The lowest BCUT2D eigenvalue weighted by atomic mass is 9.74. The Morgan fingerprint density at radius 1 is 0.957 bits per heavy atom. The molecular formula is C48H81F3N4O14S. The van der Waals surface area contributed by atoms with Crippen LogP contribution in [0.3, 0.4) is 0 Å². The molecular weight excluding hydrogens is 946 g/mol. The second kappa shape index (κ2) is 22.7. The number of nitrogens with one attached hydrogen (secondary N) is 3. The first-order valence-corrected chi connectivity index (χ1v) is 26.1. The number of likely N-dealkylation sites (N-methyl/N-ethyl adjacent to an activating group) is 1. The van der Waals surface area contributed by atoms with Crippen molar-refractivity contribution in [3.05, 3.63) is 29.8 Å². The molecule has 0 bridgehead atoms. The molecule has 0 aromatic heterocycles. The van der Waals surface area contributed by atoms with Gasteiger partial charge < -0.3 is 64.6 Å². The summed E-state index contributed by atoms with van der Waals surface area (Å²) in [6.45, 7) is 16.9. The molecule has 8 N–H and O–H groups in total. The number of hydrogen-bond acceptors (Lipinski definition) is 16. The Morgan fingerprint density at radius 3 is 2.14 bits per heavy atom. The van der Waals surface area contributed by atoms with Gasteiger partial charge >= 0.3 is 22.4 Å². The van der Waals surface area contributed by atoms with E-state index < -0.39 is 130 Å². The molecule has 0 amide bonds. The number of cyclic esters (lactones) is 1. The summed E-state index contributed by atoms with van der Waals surface area (Å²) in [6, 6.07) is 1.74. The maximum atomic E-state index is 14.5. The molecule has 1 aliphatic carbocycles. The van der Waals surface area contributed by atoms with Crippen LogP contribution in [0.15, 0.2) is 24.3 Å². The molecule has 18 atom stereocenters. The van der Waals surface area contributed by atoms with Crippen LogP contribution in [-0.2, 0) is 49.6 Å². The van der Waals surface area contributed by atoms with Gasteiger partial charge in [-0.1, -0.05) is 27.2 Å². The second-order valence-electron chi connectivity index (χ2n) is 21.3. The average Bonchev–Trinajstić information content (AvgIpc) is 3.26. The van der Waals surface area contributed by atoms with Gasteiger partial charge in [0.1, 0.15) is 35.1 Å². The van der Waals surface area contributed by atoms with Gasteiger partial charge in [0.25, 0.3) is 0 Å². The molecule has 5 rings (SSSR count). The van der Waals surface area contributed by atoms with E-state index in [0.717, 1.165) is 47.8 Å². The van der Waals surface area contributed by atoms with Gasteiger partial charge in [-0.25, -0.2) is 0 Å².